The molecular formula is C12H12ClFN4O2. The van der Waals surface area contributed by atoms with Gasteiger partial charge in [0.05, 0.1) is 17.0 Å². The topological polar surface area (TPSA) is 80.9 Å². The third-order valence-electron chi connectivity index (χ3n) is 2.83. The van der Waals surface area contributed by atoms with Crippen LogP contribution < -0.4 is 0 Å². The van der Waals surface area contributed by atoms with Gasteiger partial charge in [-0.25, -0.2) is 9.07 Å². The van der Waals surface area contributed by atoms with E-state index in [-0.39, 0.29) is 17.4 Å². The van der Waals surface area contributed by atoms with Crippen LogP contribution in [0, 0.1) is 11.2 Å². The fourth-order valence-corrected chi connectivity index (χ4v) is 1.71. The monoisotopic (exact) mass is 298 g/mol. The molecule has 6 nitrogen and oxygen atoms in total. The molecule has 8 heteroatoms. The first-order chi connectivity index (χ1) is 9.31. The molecule has 1 aromatic carbocycles. The third kappa shape index (κ3) is 2.77. The molecule has 0 spiro atoms. The summed E-state index contributed by atoms with van der Waals surface area (Å²) in [4.78, 5) is 11.1. The van der Waals surface area contributed by atoms with Crippen molar-refractivity contribution in [3.63, 3.8) is 0 Å². The molecule has 0 saturated carbocycles. The van der Waals surface area contributed by atoms with Gasteiger partial charge in [-0.15, -0.1) is 5.10 Å². The van der Waals surface area contributed by atoms with Crippen molar-refractivity contribution in [2.75, 3.05) is 0 Å². The van der Waals surface area contributed by atoms with Crippen LogP contribution in [-0.4, -0.2) is 31.3 Å². The molecule has 0 bridgehead atoms. The minimum atomic E-state index is -1.05. The summed E-state index contributed by atoms with van der Waals surface area (Å²) in [6.07, 6.45) is 0. The first kappa shape index (κ1) is 14.4. The normalized spacial score (nSPS) is 11.6. The van der Waals surface area contributed by atoms with E-state index in [4.69, 9.17) is 16.7 Å². The summed E-state index contributed by atoms with van der Waals surface area (Å²) in [5.74, 6) is -1.27. The lowest BCUT2D eigenvalue weighted by molar-refractivity contribution is -0.147. The molecule has 106 valence electrons. The first-order valence-corrected chi connectivity index (χ1v) is 6.14. The molecule has 0 aliphatic carbocycles. The molecule has 0 amide bonds. The molecule has 0 fully saturated rings. The number of tetrazole rings is 1. The Morgan fingerprint density at radius 1 is 1.50 bits per heavy atom. The van der Waals surface area contributed by atoms with Crippen molar-refractivity contribution in [2.24, 2.45) is 5.41 Å². The van der Waals surface area contributed by atoms with Crippen molar-refractivity contribution < 1.29 is 14.3 Å². The smallest absolute Gasteiger partial charge is 0.310 e. The highest BCUT2D eigenvalue weighted by molar-refractivity contribution is 6.30. The van der Waals surface area contributed by atoms with Gasteiger partial charge in [-0.1, -0.05) is 11.6 Å². The predicted molar refractivity (Wildman–Crippen MR) is 69.6 cm³/mol. The number of rotatable bonds is 4. The van der Waals surface area contributed by atoms with Gasteiger partial charge in [0.2, 0.25) is 0 Å². The van der Waals surface area contributed by atoms with Crippen LogP contribution in [0.5, 0.6) is 0 Å². The Morgan fingerprint density at radius 2 is 2.20 bits per heavy atom. The Morgan fingerprint density at radius 3 is 2.80 bits per heavy atom. The fraction of sp³-hybridized carbons (Fsp3) is 0.333. The lowest BCUT2D eigenvalue weighted by Gasteiger charge is -2.19. The van der Waals surface area contributed by atoms with Crippen molar-refractivity contribution in [3.05, 3.63) is 29.0 Å². The van der Waals surface area contributed by atoms with E-state index in [9.17, 15) is 9.18 Å². The van der Waals surface area contributed by atoms with E-state index in [1.807, 2.05) is 0 Å². The summed E-state index contributed by atoms with van der Waals surface area (Å²) >= 11 is 5.62. The van der Waals surface area contributed by atoms with E-state index < -0.39 is 17.2 Å². The quantitative estimate of drug-likeness (QED) is 0.936. The molecule has 0 atom stereocenters. The van der Waals surface area contributed by atoms with Gasteiger partial charge < -0.3 is 5.11 Å². The summed E-state index contributed by atoms with van der Waals surface area (Å²) in [6, 6.07) is 4.17. The second kappa shape index (κ2) is 5.16. The molecule has 0 unspecified atom stereocenters. The second-order valence-corrected chi connectivity index (χ2v) is 5.39. The third-order valence-corrected chi connectivity index (χ3v) is 3.14. The van der Waals surface area contributed by atoms with Gasteiger partial charge in [-0.05, 0) is 42.5 Å². The number of halogens is 2. The van der Waals surface area contributed by atoms with Crippen molar-refractivity contribution in [2.45, 2.75) is 20.4 Å². The van der Waals surface area contributed by atoms with Gasteiger partial charge in [0.1, 0.15) is 5.82 Å². The van der Waals surface area contributed by atoms with Crippen LogP contribution >= 0.6 is 11.6 Å². The minimum absolute atomic E-state index is 0.00126. The molecule has 0 radical (unpaired) electrons. The summed E-state index contributed by atoms with van der Waals surface area (Å²) in [6.45, 7) is 3.18. The maximum absolute atomic E-state index is 13.5. The van der Waals surface area contributed by atoms with Gasteiger partial charge in [-0.3, -0.25) is 4.79 Å². The van der Waals surface area contributed by atoms with E-state index >= 15 is 0 Å². The van der Waals surface area contributed by atoms with Crippen LogP contribution in [0.3, 0.4) is 0 Å². The van der Waals surface area contributed by atoms with Crippen molar-refractivity contribution >= 4 is 17.6 Å². The number of carboxylic acid groups (broad SMARTS) is 1. The van der Waals surface area contributed by atoms with Gasteiger partial charge in [0.25, 0.3) is 0 Å². The fourth-order valence-electron chi connectivity index (χ4n) is 1.60. The molecule has 1 N–H and O–H groups in total. The zero-order valence-corrected chi connectivity index (χ0v) is 11.6. The van der Waals surface area contributed by atoms with Crippen molar-refractivity contribution in [1.29, 1.82) is 0 Å². The van der Waals surface area contributed by atoms with Crippen LogP contribution in [-0.2, 0) is 11.3 Å². The number of hydrogen-bond donors (Lipinski definition) is 1. The molecule has 0 aliphatic heterocycles. The summed E-state index contributed by atoms with van der Waals surface area (Å²) in [5, 5.41) is 20.2. The lowest BCUT2D eigenvalue weighted by Crippen LogP contribution is -2.30. The van der Waals surface area contributed by atoms with E-state index in [1.165, 1.54) is 16.8 Å². The van der Waals surface area contributed by atoms with Crippen LogP contribution in [0.4, 0.5) is 4.39 Å². The molecule has 0 aliphatic rings. The number of hydrogen-bond acceptors (Lipinski definition) is 4. The van der Waals surface area contributed by atoms with Gasteiger partial charge in [0.15, 0.2) is 5.82 Å². The highest BCUT2D eigenvalue weighted by Gasteiger charge is 2.29. The summed E-state index contributed by atoms with van der Waals surface area (Å²) in [7, 11) is 0. The molecule has 1 heterocycles. The highest BCUT2D eigenvalue weighted by atomic mass is 35.5. The van der Waals surface area contributed by atoms with E-state index in [2.05, 4.69) is 15.5 Å². The van der Waals surface area contributed by atoms with Gasteiger partial charge in [-0.2, -0.15) is 0 Å². The van der Waals surface area contributed by atoms with Crippen molar-refractivity contribution in [3.8, 4) is 11.4 Å². The molecular weight excluding hydrogens is 287 g/mol. The second-order valence-electron chi connectivity index (χ2n) is 4.98. The van der Waals surface area contributed by atoms with Crippen molar-refractivity contribution in [1.82, 2.24) is 20.2 Å². The molecule has 20 heavy (non-hydrogen) atoms. The number of aliphatic carboxylic acids is 1. The summed E-state index contributed by atoms with van der Waals surface area (Å²) in [5.41, 5.74) is -0.618. The molecule has 2 rings (SSSR count). The van der Waals surface area contributed by atoms with E-state index in [1.54, 1.807) is 19.9 Å². The minimum Gasteiger partial charge on any atom is -0.481 e. The van der Waals surface area contributed by atoms with Crippen LogP contribution in [0.2, 0.25) is 5.02 Å². The number of nitrogens with zero attached hydrogens (tertiary/aromatic N) is 4. The standard InChI is InChI=1S/C12H12ClFN4O2/c1-12(2,11(19)20)6-18-10(15-16-17-18)7-3-4-8(13)9(14)5-7/h3-5H,6H2,1-2H3,(H,19,20). The Labute approximate surface area is 119 Å². The van der Waals surface area contributed by atoms with E-state index in [0.29, 0.717) is 5.56 Å². The average molecular weight is 299 g/mol. The maximum atomic E-state index is 13.5. The largest absolute Gasteiger partial charge is 0.481 e. The van der Waals surface area contributed by atoms with Gasteiger partial charge in [0, 0.05) is 5.56 Å². The Bertz CT molecular complexity index is 657. The Kier molecular flexibility index (Phi) is 3.71. The summed E-state index contributed by atoms with van der Waals surface area (Å²) < 4.78 is 14.8. The number of aromatic nitrogens is 4. The zero-order valence-electron chi connectivity index (χ0n) is 10.8. The van der Waals surface area contributed by atoms with Crippen LogP contribution in [0.15, 0.2) is 18.2 Å². The number of benzene rings is 1. The Hall–Kier alpha value is -2.02. The Balaban J connectivity index is 2.38. The van der Waals surface area contributed by atoms with Crippen LogP contribution in [0.25, 0.3) is 11.4 Å². The zero-order chi connectivity index (χ0) is 14.9. The lowest BCUT2D eigenvalue weighted by atomic mass is 9.94. The van der Waals surface area contributed by atoms with Crippen LogP contribution in [0.1, 0.15) is 13.8 Å². The predicted octanol–water partition coefficient (Wildman–Crippen LogP) is 2.24. The molecule has 2 aromatic rings. The molecule has 1 aromatic heterocycles. The average Bonchev–Trinajstić information content (AvgIpc) is 2.80. The maximum Gasteiger partial charge on any atom is 0.310 e. The highest BCUT2D eigenvalue weighted by Crippen LogP contribution is 2.25. The SMILES string of the molecule is CC(C)(Cn1nnnc1-c1ccc(Cl)c(F)c1)C(=O)O. The van der Waals surface area contributed by atoms with E-state index in [0.717, 1.165) is 0 Å². The van der Waals surface area contributed by atoms with Gasteiger partial charge >= 0.3 is 5.97 Å². The number of carbonyl (C=O) groups is 1. The number of carboxylic acids is 1. The molecule has 0 saturated heterocycles. The first-order valence-electron chi connectivity index (χ1n) is 5.76.